The van der Waals surface area contributed by atoms with Crippen LogP contribution in [0.4, 0.5) is 17.1 Å². The van der Waals surface area contributed by atoms with Crippen LogP contribution in [-0.4, -0.2) is 6.71 Å². The van der Waals surface area contributed by atoms with Crippen molar-refractivity contribution in [1.29, 1.82) is 0 Å². The van der Waals surface area contributed by atoms with E-state index >= 15 is 0 Å². The van der Waals surface area contributed by atoms with Crippen LogP contribution in [0.15, 0.2) is 150 Å². The van der Waals surface area contributed by atoms with Gasteiger partial charge in [-0.3, -0.25) is 0 Å². The van der Waals surface area contributed by atoms with Crippen molar-refractivity contribution in [3.63, 3.8) is 0 Å². The number of hydrogen-bond donors (Lipinski definition) is 0. The zero-order chi connectivity index (χ0) is 36.6. The SMILES string of the molecule is CCCCc1cc2c(cc1N1c3ccc(-c4ccccc4)cc3B3c4cc(-c5ccccc5)ccc4Oc4cc(C(C)(C)C)cc1c43)oc1ccccc12. The van der Waals surface area contributed by atoms with Crippen molar-refractivity contribution in [1.82, 2.24) is 0 Å². The quantitative estimate of drug-likeness (QED) is 0.162. The van der Waals surface area contributed by atoms with Crippen LogP contribution in [0.2, 0.25) is 0 Å². The highest BCUT2D eigenvalue weighted by atomic mass is 16.5. The molecule has 0 unspecified atom stereocenters. The number of rotatable bonds is 6. The number of fused-ring (bicyclic) bond motifs is 7. The summed E-state index contributed by atoms with van der Waals surface area (Å²) in [6.45, 7) is 9.13. The van der Waals surface area contributed by atoms with Crippen molar-refractivity contribution in [2.75, 3.05) is 4.90 Å². The third kappa shape index (κ3) is 5.27. The molecule has 0 saturated carbocycles. The number of hydrogen-bond acceptors (Lipinski definition) is 3. The van der Waals surface area contributed by atoms with Crippen LogP contribution in [-0.2, 0) is 11.8 Å². The van der Waals surface area contributed by atoms with Gasteiger partial charge in [0.25, 0.3) is 6.71 Å². The lowest BCUT2D eigenvalue weighted by molar-refractivity contribution is 0.483. The summed E-state index contributed by atoms with van der Waals surface area (Å²) >= 11 is 0. The van der Waals surface area contributed by atoms with Crippen molar-refractivity contribution in [3.05, 3.63) is 157 Å². The Hall–Kier alpha value is -6.00. The van der Waals surface area contributed by atoms with Crippen LogP contribution in [0.5, 0.6) is 11.5 Å². The number of anilines is 3. The van der Waals surface area contributed by atoms with E-state index < -0.39 is 0 Å². The Morgan fingerprint density at radius 1 is 0.556 bits per heavy atom. The Morgan fingerprint density at radius 2 is 1.24 bits per heavy atom. The fraction of sp³-hybridized carbons (Fsp3) is 0.160. The van der Waals surface area contributed by atoms with Gasteiger partial charge in [0.05, 0.1) is 5.69 Å². The monoisotopic (exact) mass is 699 g/mol. The zero-order valence-electron chi connectivity index (χ0n) is 31.3. The number of nitrogens with zero attached hydrogens (tertiary/aromatic N) is 1. The molecule has 8 aromatic rings. The fourth-order valence-corrected chi connectivity index (χ4v) is 8.65. The van der Waals surface area contributed by atoms with Crippen molar-refractivity contribution in [3.8, 4) is 33.8 Å². The Bertz CT molecular complexity index is 2720. The second-order valence-electron chi connectivity index (χ2n) is 16.0. The molecular formula is C50H42BNO2. The maximum absolute atomic E-state index is 7.03. The van der Waals surface area contributed by atoms with Gasteiger partial charge in [-0.2, -0.15) is 0 Å². The molecule has 0 amide bonds. The van der Waals surface area contributed by atoms with Crippen LogP contribution in [0.1, 0.15) is 51.7 Å². The van der Waals surface area contributed by atoms with E-state index in [1.165, 1.54) is 72.2 Å². The fourth-order valence-electron chi connectivity index (χ4n) is 8.65. The molecule has 2 aliphatic rings. The number of furan rings is 1. The molecule has 0 N–H and O–H groups in total. The summed E-state index contributed by atoms with van der Waals surface area (Å²) in [7, 11) is 0. The molecule has 1 aromatic heterocycles. The summed E-state index contributed by atoms with van der Waals surface area (Å²) in [5.74, 6) is 1.85. The molecule has 3 nitrogen and oxygen atoms in total. The molecular weight excluding hydrogens is 657 g/mol. The van der Waals surface area contributed by atoms with Crippen LogP contribution in [0.25, 0.3) is 44.2 Å². The molecule has 4 heteroatoms. The average Bonchev–Trinajstić information content (AvgIpc) is 3.57. The predicted molar refractivity (Wildman–Crippen MR) is 228 cm³/mol. The first-order valence-corrected chi connectivity index (χ1v) is 19.3. The zero-order valence-corrected chi connectivity index (χ0v) is 31.3. The normalized spacial score (nSPS) is 13.1. The van der Waals surface area contributed by atoms with E-state index in [0.717, 1.165) is 47.3 Å². The lowest BCUT2D eigenvalue weighted by Gasteiger charge is -2.42. The maximum atomic E-state index is 7.03. The lowest BCUT2D eigenvalue weighted by Crippen LogP contribution is -2.59. The van der Waals surface area contributed by atoms with Crippen molar-refractivity contribution in [2.45, 2.75) is 52.4 Å². The minimum atomic E-state index is -0.0985. The smallest absolute Gasteiger partial charge is 0.256 e. The molecule has 0 fully saturated rings. The molecule has 7 aromatic carbocycles. The molecule has 0 atom stereocenters. The Balaban J connectivity index is 1.29. The summed E-state index contributed by atoms with van der Waals surface area (Å²) < 4.78 is 13.6. The minimum Gasteiger partial charge on any atom is -0.458 e. The van der Waals surface area contributed by atoms with Crippen LogP contribution in [0, 0.1) is 0 Å². The van der Waals surface area contributed by atoms with Crippen molar-refractivity contribution < 1.29 is 9.15 Å². The molecule has 0 bridgehead atoms. The Labute approximate surface area is 317 Å². The maximum Gasteiger partial charge on any atom is 0.256 e. The minimum absolute atomic E-state index is 0.0274. The molecule has 0 spiro atoms. The van der Waals surface area contributed by atoms with Gasteiger partial charge in [-0.05, 0) is 104 Å². The summed E-state index contributed by atoms with van der Waals surface area (Å²) in [6.07, 6.45) is 3.19. The third-order valence-corrected chi connectivity index (χ3v) is 11.5. The molecule has 0 aliphatic carbocycles. The Morgan fingerprint density at radius 3 is 1.96 bits per heavy atom. The van der Waals surface area contributed by atoms with E-state index in [9.17, 15) is 0 Å². The molecule has 0 saturated heterocycles. The van der Waals surface area contributed by atoms with Gasteiger partial charge in [0.1, 0.15) is 22.7 Å². The highest BCUT2D eigenvalue weighted by Crippen LogP contribution is 2.46. The number of ether oxygens (including phenoxy) is 1. The summed E-state index contributed by atoms with van der Waals surface area (Å²) in [5.41, 5.74) is 16.3. The summed E-state index contributed by atoms with van der Waals surface area (Å²) in [6, 6.07) is 53.1. The summed E-state index contributed by atoms with van der Waals surface area (Å²) in [5, 5.41) is 2.33. The van der Waals surface area contributed by atoms with E-state index in [4.69, 9.17) is 9.15 Å². The second-order valence-corrected chi connectivity index (χ2v) is 16.0. The van der Waals surface area contributed by atoms with Crippen LogP contribution in [0.3, 0.4) is 0 Å². The lowest BCUT2D eigenvalue weighted by atomic mass is 9.34. The number of aryl methyl sites for hydroxylation is 1. The van der Waals surface area contributed by atoms with Crippen LogP contribution < -0.4 is 26.0 Å². The molecule has 2 aliphatic heterocycles. The van der Waals surface area contributed by atoms with E-state index in [-0.39, 0.29) is 12.1 Å². The number of unbranched alkanes of at least 4 members (excludes halogenated alkanes) is 1. The molecule has 262 valence electrons. The van der Waals surface area contributed by atoms with Crippen molar-refractivity contribution >= 4 is 62.1 Å². The first-order valence-electron chi connectivity index (χ1n) is 19.3. The molecule has 0 radical (unpaired) electrons. The first kappa shape index (κ1) is 32.6. The van der Waals surface area contributed by atoms with Crippen LogP contribution >= 0.6 is 0 Å². The molecule has 10 rings (SSSR count). The van der Waals surface area contributed by atoms with E-state index in [1.54, 1.807) is 0 Å². The topological polar surface area (TPSA) is 25.6 Å². The highest BCUT2D eigenvalue weighted by Gasteiger charge is 2.43. The van der Waals surface area contributed by atoms with Gasteiger partial charge in [-0.1, -0.05) is 137 Å². The highest BCUT2D eigenvalue weighted by molar-refractivity contribution is 6.99. The van der Waals surface area contributed by atoms with E-state index in [2.05, 4.69) is 178 Å². The van der Waals surface area contributed by atoms with Gasteiger partial charge in [-0.15, -0.1) is 0 Å². The third-order valence-electron chi connectivity index (χ3n) is 11.5. The van der Waals surface area contributed by atoms with Crippen molar-refractivity contribution in [2.24, 2.45) is 0 Å². The van der Waals surface area contributed by atoms with Gasteiger partial charge < -0.3 is 14.1 Å². The number of benzene rings is 7. The van der Waals surface area contributed by atoms with E-state index in [0.29, 0.717) is 0 Å². The first-order chi connectivity index (χ1) is 26.4. The predicted octanol–water partition coefficient (Wildman–Crippen LogP) is 12.0. The van der Waals surface area contributed by atoms with E-state index in [1.807, 2.05) is 0 Å². The molecule has 54 heavy (non-hydrogen) atoms. The summed E-state index contributed by atoms with van der Waals surface area (Å²) in [4.78, 5) is 2.53. The standard InChI is InChI=1S/C50H42BNO2/c1-5-6-15-36-26-39-38-20-13-14-21-45(38)53-47(39)31-43(36)52-42-24-22-34(32-16-9-7-10-17-32)27-40(42)51-41-28-35(33-18-11-8-12-19-33)23-25-46(41)54-48-30-37(50(2,3)4)29-44(52)49(48)51/h7-14,16-31H,5-6,15H2,1-4H3. The van der Waals surface area contributed by atoms with Gasteiger partial charge in [0.15, 0.2) is 0 Å². The molecule has 3 heterocycles. The van der Waals surface area contributed by atoms with Gasteiger partial charge in [0, 0.05) is 28.2 Å². The average molecular weight is 700 g/mol. The Kier molecular flexibility index (Phi) is 7.59. The van der Waals surface area contributed by atoms with Gasteiger partial charge >= 0.3 is 0 Å². The number of para-hydroxylation sites is 1. The second kappa shape index (κ2) is 12.6. The van der Waals surface area contributed by atoms with Gasteiger partial charge in [-0.25, -0.2) is 0 Å². The largest absolute Gasteiger partial charge is 0.458 e. The van der Waals surface area contributed by atoms with Gasteiger partial charge in [0.2, 0.25) is 0 Å².